The molecule has 0 aliphatic heterocycles. The minimum absolute atomic E-state index is 0.0452. The number of benzene rings is 1. The topological polar surface area (TPSA) is 89.7 Å². The average molecular weight is 293 g/mol. The number of methoxy groups -OCH3 is 1. The molecule has 114 valence electrons. The zero-order valence-corrected chi connectivity index (χ0v) is 12.0. The molecule has 0 spiro atoms. The van der Waals surface area contributed by atoms with E-state index in [9.17, 15) is 20.0 Å². The maximum absolute atomic E-state index is 12.3. The van der Waals surface area contributed by atoms with Gasteiger partial charge in [-0.3, -0.25) is 14.9 Å². The standard InChI is InChI=1S/C15H19NO5/c1-21-14-9-11(8-12(15(14)18)16(19)20)13(17)7-10-5-3-2-4-6-10/h8-10,18H,2-7H2,1H3. The molecule has 21 heavy (non-hydrogen) atoms. The van der Waals surface area contributed by atoms with Gasteiger partial charge in [-0.2, -0.15) is 0 Å². The van der Waals surface area contributed by atoms with Gasteiger partial charge in [0.1, 0.15) is 0 Å². The predicted octanol–water partition coefficient (Wildman–Crippen LogP) is 3.46. The van der Waals surface area contributed by atoms with Gasteiger partial charge in [-0.1, -0.05) is 32.1 Å². The van der Waals surface area contributed by atoms with Crippen LogP contribution in [-0.2, 0) is 0 Å². The number of phenolic OH excluding ortho intramolecular Hbond substituents is 1. The van der Waals surface area contributed by atoms with Crippen LogP contribution < -0.4 is 4.74 Å². The predicted molar refractivity (Wildman–Crippen MR) is 76.8 cm³/mol. The van der Waals surface area contributed by atoms with Crippen molar-refractivity contribution in [3.63, 3.8) is 0 Å². The third-order valence-corrected chi connectivity index (χ3v) is 3.99. The van der Waals surface area contributed by atoms with Gasteiger partial charge in [0.2, 0.25) is 5.75 Å². The second kappa shape index (κ2) is 6.56. The lowest BCUT2D eigenvalue weighted by atomic mass is 9.84. The van der Waals surface area contributed by atoms with E-state index in [4.69, 9.17) is 4.74 Å². The number of hydrogen-bond donors (Lipinski definition) is 1. The van der Waals surface area contributed by atoms with E-state index in [0.29, 0.717) is 12.3 Å². The van der Waals surface area contributed by atoms with E-state index in [0.717, 1.165) is 31.7 Å². The Morgan fingerprint density at radius 2 is 2.05 bits per heavy atom. The molecule has 0 atom stereocenters. The van der Waals surface area contributed by atoms with Gasteiger partial charge in [-0.15, -0.1) is 0 Å². The Morgan fingerprint density at radius 1 is 1.38 bits per heavy atom. The summed E-state index contributed by atoms with van der Waals surface area (Å²) in [5.41, 5.74) is -0.275. The highest BCUT2D eigenvalue weighted by Crippen LogP contribution is 2.37. The maximum atomic E-state index is 12.3. The van der Waals surface area contributed by atoms with Gasteiger partial charge < -0.3 is 9.84 Å². The average Bonchev–Trinajstić information content (AvgIpc) is 2.48. The number of nitro benzene ring substituents is 1. The number of aromatic hydroxyl groups is 1. The lowest BCUT2D eigenvalue weighted by molar-refractivity contribution is -0.386. The summed E-state index contributed by atoms with van der Waals surface area (Å²) < 4.78 is 4.91. The summed E-state index contributed by atoms with van der Waals surface area (Å²) in [6.45, 7) is 0. The number of phenols is 1. The lowest BCUT2D eigenvalue weighted by Gasteiger charge is -2.20. The molecule has 1 N–H and O–H groups in total. The first-order valence-corrected chi connectivity index (χ1v) is 7.11. The Morgan fingerprint density at radius 3 is 2.62 bits per heavy atom. The van der Waals surface area contributed by atoms with Crippen LogP contribution in [-0.4, -0.2) is 22.9 Å². The van der Waals surface area contributed by atoms with E-state index in [1.807, 2.05) is 0 Å². The Bertz CT molecular complexity index is 549. The fourth-order valence-corrected chi connectivity index (χ4v) is 2.82. The normalized spacial score (nSPS) is 15.7. The molecule has 1 saturated carbocycles. The summed E-state index contributed by atoms with van der Waals surface area (Å²) in [5, 5.41) is 20.6. The molecule has 0 radical (unpaired) electrons. The molecular weight excluding hydrogens is 274 g/mol. The Balaban J connectivity index is 2.23. The van der Waals surface area contributed by atoms with Crippen LogP contribution in [0, 0.1) is 16.0 Å². The molecule has 6 nitrogen and oxygen atoms in total. The number of ketones is 1. The van der Waals surface area contributed by atoms with Gasteiger partial charge in [0.05, 0.1) is 12.0 Å². The molecule has 0 aromatic heterocycles. The molecule has 0 bridgehead atoms. The highest BCUT2D eigenvalue weighted by atomic mass is 16.6. The van der Waals surface area contributed by atoms with Gasteiger partial charge in [0.15, 0.2) is 11.5 Å². The highest BCUT2D eigenvalue weighted by Gasteiger charge is 2.24. The van der Waals surface area contributed by atoms with Crippen LogP contribution in [0.25, 0.3) is 0 Å². The maximum Gasteiger partial charge on any atom is 0.315 e. The van der Waals surface area contributed by atoms with Gasteiger partial charge in [0, 0.05) is 18.1 Å². The molecular formula is C15H19NO5. The number of carbonyl (C=O) groups excluding carboxylic acids is 1. The smallest absolute Gasteiger partial charge is 0.315 e. The Kier molecular flexibility index (Phi) is 4.77. The first kappa shape index (κ1) is 15.3. The summed E-state index contributed by atoms with van der Waals surface area (Å²) in [6, 6.07) is 2.50. The molecule has 0 heterocycles. The van der Waals surface area contributed by atoms with Crippen molar-refractivity contribution in [1.82, 2.24) is 0 Å². The van der Waals surface area contributed by atoms with Crippen LogP contribution in [0.15, 0.2) is 12.1 Å². The lowest BCUT2D eigenvalue weighted by Crippen LogP contribution is -2.12. The molecule has 2 rings (SSSR count). The largest absolute Gasteiger partial charge is 0.500 e. The summed E-state index contributed by atoms with van der Waals surface area (Å²) in [4.78, 5) is 22.5. The number of nitro groups is 1. The molecule has 1 fully saturated rings. The third-order valence-electron chi connectivity index (χ3n) is 3.99. The van der Waals surface area contributed by atoms with Crippen molar-refractivity contribution in [2.45, 2.75) is 38.5 Å². The van der Waals surface area contributed by atoms with Crippen LogP contribution >= 0.6 is 0 Å². The van der Waals surface area contributed by atoms with Crippen molar-refractivity contribution in [1.29, 1.82) is 0 Å². The van der Waals surface area contributed by atoms with E-state index < -0.39 is 16.4 Å². The van der Waals surface area contributed by atoms with Crippen LogP contribution in [0.3, 0.4) is 0 Å². The molecule has 1 aromatic carbocycles. The fraction of sp³-hybridized carbons (Fsp3) is 0.533. The Hall–Kier alpha value is -2.11. The zero-order valence-electron chi connectivity index (χ0n) is 12.0. The molecule has 0 unspecified atom stereocenters. The van der Waals surface area contributed by atoms with E-state index in [2.05, 4.69) is 0 Å². The van der Waals surface area contributed by atoms with Crippen LogP contribution in [0.4, 0.5) is 5.69 Å². The van der Waals surface area contributed by atoms with Gasteiger partial charge in [-0.05, 0) is 12.0 Å². The van der Waals surface area contributed by atoms with Crippen LogP contribution in [0.2, 0.25) is 0 Å². The number of hydrogen-bond acceptors (Lipinski definition) is 5. The molecule has 0 saturated heterocycles. The number of ether oxygens (including phenoxy) is 1. The minimum atomic E-state index is -0.713. The third kappa shape index (κ3) is 3.51. The summed E-state index contributed by atoms with van der Waals surface area (Å²) in [5.74, 6) is -0.374. The van der Waals surface area contributed by atoms with Crippen LogP contribution in [0.1, 0.15) is 48.9 Å². The fourth-order valence-electron chi connectivity index (χ4n) is 2.82. The highest BCUT2D eigenvalue weighted by molar-refractivity contribution is 5.97. The van der Waals surface area contributed by atoms with Gasteiger partial charge in [-0.25, -0.2) is 0 Å². The first-order chi connectivity index (χ1) is 10.0. The molecule has 6 heteroatoms. The van der Waals surface area contributed by atoms with Crippen molar-refractivity contribution in [3.05, 3.63) is 27.8 Å². The number of rotatable bonds is 5. The van der Waals surface area contributed by atoms with Crippen LogP contribution in [0.5, 0.6) is 11.5 Å². The van der Waals surface area contributed by atoms with E-state index in [-0.39, 0.29) is 17.1 Å². The van der Waals surface area contributed by atoms with Crippen molar-refractivity contribution in [3.8, 4) is 11.5 Å². The van der Waals surface area contributed by atoms with Crippen molar-refractivity contribution in [2.75, 3.05) is 7.11 Å². The van der Waals surface area contributed by atoms with Crippen molar-refractivity contribution >= 4 is 11.5 Å². The minimum Gasteiger partial charge on any atom is -0.500 e. The second-order valence-electron chi connectivity index (χ2n) is 5.43. The summed E-state index contributed by atoms with van der Waals surface area (Å²) in [6.07, 6.45) is 5.94. The summed E-state index contributed by atoms with van der Waals surface area (Å²) in [7, 11) is 1.30. The first-order valence-electron chi connectivity index (χ1n) is 7.11. The quantitative estimate of drug-likeness (QED) is 0.510. The Labute approximate surface area is 122 Å². The second-order valence-corrected chi connectivity index (χ2v) is 5.43. The zero-order chi connectivity index (χ0) is 15.4. The summed E-state index contributed by atoms with van der Waals surface area (Å²) >= 11 is 0. The van der Waals surface area contributed by atoms with Gasteiger partial charge in [0.25, 0.3) is 0 Å². The van der Waals surface area contributed by atoms with E-state index >= 15 is 0 Å². The van der Waals surface area contributed by atoms with Gasteiger partial charge >= 0.3 is 5.69 Å². The molecule has 1 aromatic rings. The molecule has 0 amide bonds. The van der Waals surface area contributed by atoms with Crippen molar-refractivity contribution < 1.29 is 19.6 Å². The molecule has 1 aliphatic carbocycles. The van der Waals surface area contributed by atoms with E-state index in [1.54, 1.807) is 0 Å². The number of carbonyl (C=O) groups is 1. The number of Topliss-reactive ketones (excluding diaryl/α,β-unsaturated/α-hetero) is 1. The van der Waals surface area contributed by atoms with Crippen molar-refractivity contribution in [2.24, 2.45) is 5.92 Å². The number of nitrogens with zero attached hydrogens (tertiary/aromatic N) is 1. The molecule has 1 aliphatic rings. The SMILES string of the molecule is COc1cc(C(=O)CC2CCCCC2)cc([N+](=O)[O-])c1O. The van der Waals surface area contributed by atoms with E-state index in [1.165, 1.54) is 19.6 Å². The monoisotopic (exact) mass is 293 g/mol.